The summed E-state index contributed by atoms with van der Waals surface area (Å²) < 4.78 is 32.5. The molecule has 3 aromatic heterocycles. The van der Waals surface area contributed by atoms with Gasteiger partial charge in [0.2, 0.25) is 5.95 Å². The highest BCUT2D eigenvalue weighted by atomic mass is 19.1. The van der Waals surface area contributed by atoms with Gasteiger partial charge in [0.15, 0.2) is 11.2 Å². The second-order valence-corrected chi connectivity index (χ2v) is 9.01. The third-order valence-corrected chi connectivity index (χ3v) is 6.62. The Kier molecular flexibility index (Phi) is 6.26. The van der Waals surface area contributed by atoms with Gasteiger partial charge in [0, 0.05) is 38.9 Å². The normalized spacial score (nSPS) is 15.6. The Bertz CT molecular complexity index is 1590. The molecule has 1 aliphatic rings. The molecule has 186 valence electrons. The Balaban J connectivity index is 1.60. The number of hydrogen-bond donors (Lipinski definition) is 0. The predicted molar refractivity (Wildman–Crippen MR) is 134 cm³/mol. The number of aromatic nitrogens is 5. The molecule has 0 bridgehead atoms. The standard InChI is InChI=1S/C26H26F2N6O2/c1-31-23-22(24(35)32(2)26(31)36)34(16-18-15-19(27)8-9-21(18)28)25(30-23)33-12-5-6-17(10-13-33)14-20-7-3-4-11-29-20/h3-4,7-9,11,14-15H,5-6,10,12-13,16H2,1-2H3/b17-14-. The average molecular weight is 493 g/mol. The zero-order valence-electron chi connectivity index (χ0n) is 20.1. The van der Waals surface area contributed by atoms with E-state index < -0.39 is 22.9 Å². The average Bonchev–Trinajstić information content (AvgIpc) is 3.09. The largest absolute Gasteiger partial charge is 0.342 e. The Morgan fingerprint density at radius 2 is 1.86 bits per heavy atom. The van der Waals surface area contributed by atoms with Crippen molar-refractivity contribution in [3.05, 3.63) is 91.9 Å². The molecule has 0 N–H and O–H groups in total. The SMILES string of the molecule is Cn1c(=O)c2c(nc(N3CCC/C(=C/c4ccccn4)CC3)n2Cc2cc(F)ccc2F)n(C)c1=O. The van der Waals surface area contributed by atoms with Crippen molar-refractivity contribution in [1.29, 1.82) is 0 Å². The van der Waals surface area contributed by atoms with Crippen molar-refractivity contribution in [3.63, 3.8) is 0 Å². The van der Waals surface area contributed by atoms with Gasteiger partial charge in [-0.15, -0.1) is 0 Å². The number of hydrogen-bond acceptors (Lipinski definition) is 5. The lowest BCUT2D eigenvalue weighted by molar-refractivity contribution is 0.577. The second-order valence-electron chi connectivity index (χ2n) is 9.01. The Morgan fingerprint density at radius 3 is 2.64 bits per heavy atom. The number of rotatable bonds is 4. The Morgan fingerprint density at radius 1 is 1.03 bits per heavy atom. The van der Waals surface area contributed by atoms with Gasteiger partial charge < -0.3 is 4.90 Å². The highest BCUT2D eigenvalue weighted by Gasteiger charge is 2.25. The summed E-state index contributed by atoms with van der Waals surface area (Å²) in [6.45, 7) is 1.17. The summed E-state index contributed by atoms with van der Waals surface area (Å²) in [4.78, 5) is 36.8. The van der Waals surface area contributed by atoms with Crippen LogP contribution < -0.4 is 16.1 Å². The molecule has 10 heteroatoms. The molecule has 1 aliphatic heterocycles. The van der Waals surface area contributed by atoms with E-state index >= 15 is 0 Å². The van der Waals surface area contributed by atoms with E-state index in [1.165, 1.54) is 17.2 Å². The first-order valence-corrected chi connectivity index (χ1v) is 11.8. The van der Waals surface area contributed by atoms with Crippen LogP contribution in [0, 0.1) is 11.6 Å². The van der Waals surface area contributed by atoms with Crippen molar-refractivity contribution in [1.82, 2.24) is 23.7 Å². The molecule has 36 heavy (non-hydrogen) atoms. The van der Waals surface area contributed by atoms with E-state index in [9.17, 15) is 18.4 Å². The lowest BCUT2D eigenvalue weighted by Crippen LogP contribution is -2.37. The van der Waals surface area contributed by atoms with Crippen LogP contribution in [0.2, 0.25) is 0 Å². The number of halogens is 2. The van der Waals surface area contributed by atoms with Gasteiger partial charge in [-0.1, -0.05) is 11.6 Å². The maximum Gasteiger partial charge on any atom is 0.332 e. The van der Waals surface area contributed by atoms with Crippen LogP contribution in [0.25, 0.3) is 17.2 Å². The van der Waals surface area contributed by atoms with E-state index in [2.05, 4.69) is 16.0 Å². The third kappa shape index (κ3) is 4.34. The van der Waals surface area contributed by atoms with Crippen LogP contribution in [0.15, 0.2) is 57.8 Å². The van der Waals surface area contributed by atoms with Gasteiger partial charge in [0.25, 0.3) is 5.56 Å². The molecule has 1 aromatic carbocycles. The summed E-state index contributed by atoms with van der Waals surface area (Å²) in [5.41, 5.74) is 1.59. The lowest BCUT2D eigenvalue weighted by atomic mass is 10.1. The molecule has 4 heterocycles. The molecule has 0 atom stereocenters. The van der Waals surface area contributed by atoms with E-state index in [1.54, 1.807) is 17.8 Å². The highest BCUT2D eigenvalue weighted by Crippen LogP contribution is 2.27. The molecule has 0 aliphatic carbocycles. The topological polar surface area (TPSA) is 78.0 Å². The number of benzene rings is 1. The monoisotopic (exact) mass is 492 g/mol. The second kappa shape index (κ2) is 9.52. The maximum atomic E-state index is 14.6. The van der Waals surface area contributed by atoms with Gasteiger partial charge in [-0.3, -0.25) is 23.5 Å². The zero-order chi connectivity index (χ0) is 25.4. The number of aryl methyl sites for hydroxylation is 1. The van der Waals surface area contributed by atoms with E-state index in [0.717, 1.165) is 47.7 Å². The molecule has 0 saturated carbocycles. The smallest absolute Gasteiger partial charge is 0.332 e. The van der Waals surface area contributed by atoms with Gasteiger partial charge in [-0.05, 0) is 55.7 Å². The number of anilines is 1. The number of fused-ring (bicyclic) bond motifs is 1. The van der Waals surface area contributed by atoms with Gasteiger partial charge in [-0.2, -0.15) is 4.98 Å². The van der Waals surface area contributed by atoms with Crippen molar-refractivity contribution in [2.75, 3.05) is 18.0 Å². The zero-order valence-corrected chi connectivity index (χ0v) is 20.1. The van der Waals surface area contributed by atoms with Crippen LogP contribution in [-0.4, -0.2) is 36.8 Å². The lowest BCUT2D eigenvalue weighted by Gasteiger charge is -2.22. The molecular formula is C26H26F2N6O2. The molecule has 5 rings (SSSR count). The van der Waals surface area contributed by atoms with Crippen LogP contribution in [-0.2, 0) is 20.6 Å². The van der Waals surface area contributed by atoms with E-state index in [1.807, 2.05) is 23.1 Å². The van der Waals surface area contributed by atoms with Gasteiger partial charge in [-0.25, -0.2) is 13.6 Å². The Hall–Kier alpha value is -4.08. The minimum absolute atomic E-state index is 0.0945. The summed E-state index contributed by atoms with van der Waals surface area (Å²) >= 11 is 0. The summed E-state index contributed by atoms with van der Waals surface area (Å²) in [7, 11) is 2.94. The summed E-state index contributed by atoms with van der Waals surface area (Å²) in [5.74, 6) is -0.704. The van der Waals surface area contributed by atoms with E-state index in [4.69, 9.17) is 0 Å². The predicted octanol–water partition coefficient (Wildman–Crippen LogP) is 3.23. The number of imidazole rings is 1. The van der Waals surface area contributed by atoms with Crippen molar-refractivity contribution in [3.8, 4) is 0 Å². The quantitative estimate of drug-likeness (QED) is 0.437. The fourth-order valence-corrected chi connectivity index (χ4v) is 4.69. The molecule has 4 aromatic rings. The maximum absolute atomic E-state index is 14.6. The van der Waals surface area contributed by atoms with Crippen LogP contribution in [0.3, 0.4) is 0 Å². The molecule has 0 unspecified atom stereocenters. The van der Waals surface area contributed by atoms with Crippen LogP contribution in [0.5, 0.6) is 0 Å². The van der Waals surface area contributed by atoms with Crippen LogP contribution in [0.1, 0.15) is 30.5 Å². The summed E-state index contributed by atoms with van der Waals surface area (Å²) in [6, 6.07) is 9.02. The fourth-order valence-electron chi connectivity index (χ4n) is 4.69. The molecule has 1 saturated heterocycles. The Labute approximate surface area is 205 Å². The van der Waals surface area contributed by atoms with Crippen molar-refractivity contribution < 1.29 is 8.78 Å². The van der Waals surface area contributed by atoms with Gasteiger partial charge >= 0.3 is 5.69 Å². The molecule has 8 nitrogen and oxygen atoms in total. The first-order chi connectivity index (χ1) is 17.3. The van der Waals surface area contributed by atoms with Gasteiger partial charge in [0.1, 0.15) is 11.6 Å². The van der Waals surface area contributed by atoms with Crippen LogP contribution >= 0.6 is 0 Å². The molecular weight excluding hydrogens is 466 g/mol. The number of nitrogens with zero attached hydrogens (tertiary/aromatic N) is 6. The minimum atomic E-state index is -0.581. The van der Waals surface area contributed by atoms with Crippen molar-refractivity contribution >= 4 is 23.2 Å². The third-order valence-electron chi connectivity index (χ3n) is 6.62. The molecule has 0 amide bonds. The number of pyridine rings is 1. The molecule has 0 radical (unpaired) electrons. The summed E-state index contributed by atoms with van der Waals surface area (Å²) in [5, 5.41) is 0. The van der Waals surface area contributed by atoms with Crippen molar-refractivity contribution in [2.45, 2.75) is 25.8 Å². The molecule has 0 spiro atoms. The first-order valence-electron chi connectivity index (χ1n) is 11.8. The van der Waals surface area contributed by atoms with Crippen LogP contribution in [0.4, 0.5) is 14.7 Å². The fraction of sp³-hybridized carbons (Fsp3) is 0.308. The van der Waals surface area contributed by atoms with Gasteiger partial charge in [0.05, 0.1) is 12.2 Å². The first kappa shape index (κ1) is 23.7. The van der Waals surface area contributed by atoms with E-state index in [-0.39, 0.29) is 23.3 Å². The summed E-state index contributed by atoms with van der Waals surface area (Å²) in [6.07, 6.45) is 6.33. The molecule has 1 fully saturated rings. The highest BCUT2D eigenvalue weighted by molar-refractivity contribution is 5.75. The minimum Gasteiger partial charge on any atom is -0.342 e. The van der Waals surface area contributed by atoms with Crippen molar-refractivity contribution in [2.24, 2.45) is 14.1 Å². The van der Waals surface area contributed by atoms with E-state index in [0.29, 0.717) is 19.0 Å².